The molecule has 0 aromatic heterocycles. The Morgan fingerprint density at radius 1 is 0.625 bits per heavy atom. The number of rotatable bonds is 0. The maximum absolute atomic E-state index is 13.6. The first kappa shape index (κ1) is 11.5. The smallest absolute Gasteiger partial charge is 0.193 e. The van der Waals surface area contributed by atoms with Gasteiger partial charge in [0.2, 0.25) is 0 Å². The molecule has 0 bridgehead atoms. The molecule has 0 radical (unpaired) electrons. The molecule has 0 aromatic carbocycles. The second-order valence-corrected chi connectivity index (χ2v) is 8.51. The van der Waals surface area contributed by atoms with E-state index in [-0.39, 0.29) is 0 Å². The van der Waals surface area contributed by atoms with Gasteiger partial charge in [0.15, 0.2) is 0 Å². The van der Waals surface area contributed by atoms with Crippen LogP contribution >= 0.6 is 23.5 Å². The second kappa shape index (κ2) is 2.17. The van der Waals surface area contributed by atoms with Crippen molar-refractivity contribution >= 4 is 23.5 Å². The van der Waals surface area contributed by atoms with Crippen LogP contribution in [-0.4, -0.2) is 20.0 Å². The summed E-state index contributed by atoms with van der Waals surface area (Å²) in [7, 11) is 0. The van der Waals surface area contributed by atoms with E-state index in [1.807, 2.05) is 0 Å². The van der Waals surface area contributed by atoms with Crippen molar-refractivity contribution in [2.45, 2.75) is 47.7 Å². The van der Waals surface area contributed by atoms with Crippen molar-refractivity contribution in [2.75, 3.05) is 0 Å². The minimum atomic E-state index is -2.86. The number of thioether (sulfide) groups is 2. The average Bonchev–Trinajstić information content (AvgIpc) is 2.84. The van der Waals surface area contributed by atoms with Crippen molar-refractivity contribution in [3.63, 3.8) is 0 Å². The summed E-state index contributed by atoms with van der Waals surface area (Å²) < 4.78 is 51.6. The third kappa shape index (κ3) is 0.667. The zero-order chi connectivity index (χ0) is 12.4. The zero-order valence-electron chi connectivity index (χ0n) is 9.33. The molecule has 92 valence electrons. The van der Waals surface area contributed by atoms with Crippen molar-refractivity contribution in [1.29, 1.82) is 0 Å². The van der Waals surface area contributed by atoms with Gasteiger partial charge >= 0.3 is 10.5 Å². The van der Waals surface area contributed by atoms with Gasteiger partial charge in [-0.1, -0.05) is 51.2 Å². The summed E-state index contributed by atoms with van der Waals surface area (Å²) >= 11 is 1.12. The molecule has 0 aromatic rings. The lowest BCUT2D eigenvalue weighted by Crippen LogP contribution is -2.75. The van der Waals surface area contributed by atoms with E-state index in [2.05, 4.69) is 0 Å². The van der Waals surface area contributed by atoms with Crippen molar-refractivity contribution in [2.24, 2.45) is 10.8 Å². The minimum absolute atomic E-state index is 0.560. The number of halogens is 4. The molecule has 2 saturated heterocycles. The van der Waals surface area contributed by atoms with Crippen LogP contribution < -0.4 is 0 Å². The van der Waals surface area contributed by atoms with Crippen LogP contribution in [0.1, 0.15) is 27.7 Å². The monoisotopic (exact) mass is 272 g/mol. The van der Waals surface area contributed by atoms with E-state index in [9.17, 15) is 17.6 Å². The molecule has 3 aliphatic rings. The van der Waals surface area contributed by atoms with E-state index in [1.54, 1.807) is 27.7 Å². The standard InChI is InChI=1S/C10H12F4S2/c1-5(2)7(9(11,12)15-7)6(3,4)8(5)10(13,14)16-8/h1-4H3. The molecule has 0 N–H and O–H groups in total. The van der Waals surface area contributed by atoms with E-state index in [0.29, 0.717) is 23.5 Å². The van der Waals surface area contributed by atoms with Crippen LogP contribution in [0.15, 0.2) is 0 Å². The van der Waals surface area contributed by atoms with E-state index in [1.165, 1.54) is 0 Å². The third-order valence-corrected chi connectivity index (χ3v) is 8.70. The molecular formula is C10H12F4S2. The van der Waals surface area contributed by atoms with Crippen molar-refractivity contribution in [3.8, 4) is 0 Å². The van der Waals surface area contributed by atoms with E-state index in [0.717, 1.165) is 0 Å². The Morgan fingerprint density at radius 3 is 0.938 bits per heavy atom. The zero-order valence-corrected chi connectivity index (χ0v) is 11.0. The van der Waals surface area contributed by atoms with Crippen LogP contribution in [0.25, 0.3) is 0 Å². The third-order valence-electron chi connectivity index (χ3n) is 4.82. The molecule has 0 unspecified atom stereocenters. The highest BCUT2D eigenvalue weighted by atomic mass is 32.2. The largest absolute Gasteiger partial charge is 0.310 e. The fourth-order valence-corrected chi connectivity index (χ4v) is 7.74. The minimum Gasteiger partial charge on any atom is -0.193 e. The Bertz CT molecular complexity index is 350. The van der Waals surface area contributed by atoms with Crippen LogP contribution in [0.3, 0.4) is 0 Å². The summed E-state index contributed by atoms with van der Waals surface area (Å²) in [6.45, 7) is 6.22. The summed E-state index contributed by atoms with van der Waals surface area (Å²) in [6.07, 6.45) is 0. The van der Waals surface area contributed by atoms with Crippen LogP contribution in [0.2, 0.25) is 0 Å². The van der Waals surface area contributed by atoms with Crippen LogP contribution in [0.4, 0.5) is 17.6 Å². The maximum atomic E-state index is 13.6. The van der Waals surface area contributed by atoms with Gasteiger partial charge in [-0.25, -0.2) is 0 Å². The fourth-order valence-electron chi connectivity index (χ4n) is 4.29. The van der Waals surface area contributed by atoms with E-state index in [4.69, 9.17) is 0 Å². The molecule has 6 heteroatoms. The van der Waals surface area contributed by atoms with Gasteiger partial charge in [0.05, 0.1) is 0 Å². The number of hydrogen-bond donors (Lipinski definition) is 0. The van der Waals surface area contributed by atoms with Crippen molar-refractivity contribution < 1.29 is 17.6 Å². The SMILES string of the molecule is CC1(C)C2(SC2(F)F)C(C)(C)C12SC2(F)F. The Hall–Kier alpha value is 0.420. The molecule has 2 heterocycles. The second-order valence-electron chi connectivity index (χ2n) is 5.85. The molecule has 3 rings (SSSR count). The lowest BCUT2D eigenvalue weighted by atomic mass is 9.41. The highest BCUT2D eigenvalue weighted by molar-refractivity contribution is 8.11. The fraction of sp³-hybridized carbons (Fsp3) is 1.00. The quantitative estimate of drug-likeness (QED) is 0.478. The Labute approximate surface area is 99.9 Å². The number of alkyl halides is 4. The molecule has 16 heavy (non-hydrogen) atoms. The van der Waals surface area contributed by atoms with Crippen LogP contribution in [0, 0.1) is 10.8 Å². The van der Waals surface area contributed by atoms with E-state index < -0.39 is 30.8 Å². The molecule has 2 aliphatic heterocycles. The predicted molar refractivity (Wildman–Crippen MR) is 58.1 cm³/mol. The predicted octanol–water partition coefficient (Wildman–Crippen LogP) is 4.21. The average molecular weight is 272 g/mol. The Morgan fingerprint density at radius 2 is 0.812 bits per heavy atom. The first-order chi connectivity index (χ1) is 6.91. The van der Waals surface area contributed by atoms with E-state index >= 15 is 0 Å². The summed E-state index contributed by atoms with van der Waals surface area (Å²) in [5.74, 6) is 0. The van der Waals surface area contributed by atoms with Crippen molar-refractivity contribution in [1.82, 2.24) is 0 Å². The van der Waals surface area contributed by atoms with Gasteiger partial charge in [0.1, 0.15) is 9.49 Å². The summed E-state index contributed by atoms with van der Waals surface area (Å²) in [5, 5.41) is -5.71. The molecule has 2 spiro atoms. The van der Waals surface area contributed by atoms with Crippen molar-refractivity contribution in [3.05, 3.63) is 0 Å². The molecule has 0 atom stereocenters. The normalized spacial score (nSPS) is 40.5. The van der Waals surface area contributed by atoms with Gasteiger partial charge in [-0.05, 0) is 0 Å². The number of hydrogen-bond acceptors (Lipinski definition) is 2. The lowest BCUT2D eigenvalue weighted by molar-refractivity contribution is -0.171. The van der Waals surface area contributed by atoms with Gasteiger partial charge in [-0.3, -0.25) is 0 Å². The first-order valence-electron chi connectivity index (χ1n) is 5.07. The first-order valence-corrected chi connectivity index (χ1v) is 6.71. The molecule has 0 nitrogen and oxygen atoms in total. The Balaban J connectivity index is 2.12. The Kier molecular flexibility index (Phi) is 1.56. The van der Waals surface area contributed by atoms with Gasteiger partial charge in [-0.15, -0.1) is 0 Å². The molecular weight excluding hydrogens is 260 g/mol. The van der Waals surface area contributed by atoms with Gasteiger partial charge < -0.3 is 0 Å². The molecule has 1 aliphatic carbocycles. The summed E-state index contributed by atoms with van der Waals surface area (Å²) in [4.78, 5) is 0. The molecule has 3 fully saturated rings. The topological polar surface area (TPSA) is 0 Å². The van der Waals surface area contributed by atoms with Crippen LogP contribution in [-0.2, 0) is 0 Å². The van der Waals surface area contributed by atoms with Gasteiger partial charge in [0, 0.05) is 10.8 Å². The summed E-state index contributed by atoms with van der Waals surface area (Å²) in [6, 6.07) is 0. The lowest BCUT2D eigenvalue weighted by Gasteiger charge is -2.63. The highest BCUT2D eigenvalue weighted by Gasteiger charge is 3.06. The molecule has 0 amide bonds. The molecule has 1 saturated carbocycles. The van der Waals surface area contributed by atoms with Crippen LogP contribution in [0.5, 0.6) is 0 Å². The van der Waals surface area contributed by atoms with Gasteiger partial charge in [-0.2, -0.15) is 17.6 Å². The summed E-state index contributed by atoms with van der Waals surface area (Å²) in [5.41, 5.74) is -2.07. The highest BCUT2D eigenvalue weighted by Crippen LogP contribution is 3.00. The maximum Gasteiger partial charge on any atom is 0.310 e. The van der Waals surface area contributed by atoms with Gasteiger partial charge in [0.25, 0.3) is 0 Å².